The summed E-state index contributed by atoms with van der Waals surface area (Å²) in [6.45, 7) is 0. The summed E-state index contributed by atoms with van der Waals surface area (Å²) in [6.07, 6.45) is 16.6. The van der Waals surface area contributed by atoms with Gasteiger partial charge in [-0.25, -0.2) is 0 Å². The van der Waals surface area contributed by atoms with E-state index in [4.69, 9.17) is 0 Å². The molecule has 0 aromatic rings. The molecular formula is C20H32O2. The van der Waals surface area contributed by atoms with Crippen LogP contribution in [-0.4, -0.2) is 11.6 Å². The molecule has 0 atom stereocenters. The van der Waals surface area contributed by atoms with Gasteiger partial charge in [0.2, 0.25) is 0 Å². The zero-order chi connectivity index (χ0) is 15.4. The topological polar surface area (TPSA) is 34.1 Å². The average molecular weight is 304 g/mol. The Morgan fingerprint density at radius 1 is 0.455 bits per heavy atom. The van der Waals surface area contributed by atoms with Gasteiger partial charge < -0.3 is 0 Å². The number of carbonyl (C=O) groups is 2. The van der Waals surface area contributed by atoms with E-state index in [1.165, 1.54) is 77.0 Å². The Morgan fingerprint density at radius 2 is 0.773 bits per heavy atom. The number of ketones is 2. The molecule has 0 aromatic carbocycles. The summed E-state index contributed by atoms with van der Waals surface area (Å²) in [5.74, 6) is 2.67. The fourth-order valence-electron chi connectivity index (χ4n) is 5.07. The van der Waals surface area contributed by atoms with Crippen LogP contribution in [0.5, 0.6) is 0 Å². The molecule has 0 amide bonds. The van der Waals surface area contributed by atoms with Gasteiger partial charge in [0.15, 0.2) is 11.6 Å². The number of carbonyl (C=O) groups excluding carboxylic acids is 2. The first kappa shape index (κ1) is 16.2. The van der Waals surface area contributed by atoms with Gasteiger partial charge in [-0.2, -0.15) is 0 Å². The molecule has 2 heteroatoms. The monoisotopic (exact) mass is 304 g/mol. The van der Waals surface area contributed by atoms with E-state index in [0.717, 1.165) is 11.8 Å². The molecule has 2 nitrogen and oxygen atoms in total. The number of rotatable bonds is 0. The zero-order valence-electron chi connectivity index (χ0n) is 14.0. The fraction of sp³-hybridized carbons (Fsp3) is 0.900. The highest BCUT2D eigenvalue weighted by atomic mass is 16.2. The van der Waals surface area contributed by atoms with E-state index in [1.54, 1.807) is 0 Å². The molecular weight excluding hydrogens is 272 g/mol. The van der Waals surface area contributed by atoms with E-state index in [9.17, 15) is 9.59 Å². The molecule has 0 radical (unpaired) electrons. The van der Waals surface area contributed by atoms with Gasteiger partial charge in [-0.15, -0.1) is 0 Å². The van der Waals surface area contributed by atoms with Gasteiger partial charge >= 0.3 is 0 Å². The predicted octanol–water partition coefficient (Wildman–Crippen LogP) is 5.09. The van der Waals surface area contributed by atoms with Crippen molar-refractivity contribution in [1.82, 2.24) is 0 Å². The van der Waals surface area contributed by atoms with Gasteiger partial charge in [-0.3, -0.25) is 9.59 Å². The maximum Gasteiger partial charge on any atom is 0.198 e. The van der Waals surface area contributed by atoms with Crippen LogP contribution >= 0.6 is 0 Å². The van der Waals surface area contributed by atoms with Crippen LogP contribution in [0.15, 0.2) is 0 Å². The molecule has 0 heterocycles. The maximum atomic E-state index is 12.2. The van der Waals surface area contributed by atoms with Crippen LogP contribution in [0.1, 0.15) is 89.9 Å². The standard InChI is InChI=1S/C20H32O2/c21-19-13-17-9-5-15(6-10-17)3-1-2-4-16-7-11-18(12-8-16)14-20(19)22/h15-18H,1-14H2. The van der Waals surface area contributed by atoms with E-state index in [1.807, 2.05) is 0 Å². The van der Waals surface area contributed by atoms with Crippen molar-refractivity contribution in [3.63, 3.8) is 0 Å². The maximum absolute atomic E-state index is 12.2. The highest BCUT2D eigenvalue weighted by Crippen LogP contribution is 2.37. The molecule has 6 aliphatic rings. The summed E-state index contributed by atoms with van der Waals surface area (Å²) >= 11 is 0. The molecule has 0 saturated heterocycles. The molecule has 6 aliphatic carbocycles. The first-order valence-electron chi connectivity index (χ1n) is 9.76. The Balaban J connectivity index is 1.60. The highest BCUT2D eigenvalue weighted by Gasteiger charge is 2.29. The lowest BCUT2D eigenvalue weighted by Gasteiger charge is -2.30. The second-order valence-electron chi connectivity index (χ2n) is 8.31. The number of Topliss-reactive ketones (excluding diaryl/α,β-unsaturated/α-hetero) is 2. The van der Waals surface area contributed by atoms with Crippen LogP contribution < -0.4 is 0 Å². The molecule has 4 bridgehead atoms. The highest BCUT2D eigenvalue weighted by molar-refractivity contribution is 6.37. The van der Waals surface area contributed by atoms with Crippen LogP contribution in [0.25, 0.3) is 0 Å². The lowest BCUT2D eigenvalue weighted by molar-refractivity contribution is -0.138. The summed E-state index contributed by atoms with van der Waals surface area (Å²) in [4.78, 5) is 24.4. The Hall–Kier alpha value is -0.660. The van der Waals surface area contributed by atoms with Gasteiger partial charge in [0, 0.05) is 12.8 Å². The van der Waals surface area contributed by atoms with Crippen molar-refractivity contribution in [2.75, 3.05) is 0 Å². The van der Waals surface area contributed by atoms with Crippen molar-refractivity contribution in [1.29, 1.82) is 0 Å². The number of hydrogen-bond donors (Lipinski definition) is 0. The quantitative estimate of drug-likeness (QED) is 0.584. The van der Waals surface area contributed by atoms with E-state index in [-0.39, 0.29) is 11.6 Å². The first-order valence-corrected chi connectivity index (χ1v) is 9.76. The van der Waals surface area contributed by atoms with E-state index in [2.05, 4.69) is 0 Å². The third-order valence-corrected chi connectivity index (χ3v) is 6.67. The lowest BCUT2D eigenvalue weighted by Crippen LogP contribution is -2.25. The molecule has 6 fully saturated rings. The second kappa shape index (κ2) is 7.75. The van der Waals surface area contributed by atoms with Crippen LogP contribution in [-0.2, 0) is 9.59 Å². The molecule has 0 unspecified atom stereocenters. The minimum atomic E-state index is -0.0577. The Kier molecular flexibility index (Phi) is 5.71. The summed E-state index contributed by atoms with van der Waals surface area (Å²) in [5.41, 5.74) is 0. The molecule has 6 saturated carbocycles. The van der Waals surface area contributed by atoms with Gasteiger partial charge in [0.05, 0.1) is 0 Å². The van der Waals surface area contributed by atoms with Crippen molar-refractivity contribution in [2.45, 2.75) is 89.9 Å². The second-order valence-corrected chi connectivity index (χ2v) is 8.31. The smallest absolute Gasteiger partial charge is 0.198 e. The van der Waals surface area contributed by atoms with E-state index < -0.39 is 0 Å². The summed E-state index contributed by atoms with van der Waals surface area (Å²) in [5, 5.41) is 0. The van der Waals surface area contributed by atoms with Gasteiger partial charge in [0.1, 0.15) is 0 Å². The fourth-order valence-corrected chi connectivity index (χ4v) is 5.07. The van der Waals surface area contributed by atoms with Crippen molar-refractivity contribution in [3.8, 4) is 0 Å². The van der Waals surface area contributed by atoms with Gasteiger partial charge in [-0.1, -0.05) is 51.4 Å². The molecule has 22 heavy (non-hydrogen) atoms. The van der Waals surface area contributed by atoms with Crippen LogP contribution in [0, 0.1) is 23.7 Å². The minimum absolute atomic E-state index is 0.0577. The molecule has 0 aromatic heterocycles. The van der Waals surface area contributed by atoms with Crippen molar-refractivity contribution < 1.29 is 9.59 Å². The van der Waals surface area contributed by atoms with E-state index >= 15 is 0 Å². The predicted molar refractivity (Wildman–Crippen MR) is 88.6 cm³/mol. The summed E-state index contributed by atoms with van der Waals surface area (Å²) in [7, 11) is 0. The molecule has 6 rings (SSSR count). The zero-order valence-corrected chi connectivity index (χ0v) is 14.0. The van der Waals surface area contributed by atoms with Crippen LogP contribution in [0.3, 0.4) is 0 Å². The molecule has 0 aliphatic heterocycles. The summed E-state index contributed by atoms with van der Waals surface area (Å²) in [6, 6.07) is 0. The van der Waals surface area contributed by atoms with E-state index in [0.29, 0.717) is 24.7 Å². The SMILES string of the molecule is O=C1CC2CCC(CCCCC3CCC(CC3)CC1=O)CC2. The molecule has 124 valence electrons. The summed E-state index contributed by atoms with van der Waals surface area (Å²) < 4.78 is 0. The Labute approximate surface area is 135 Å². The molecule has 0 spiro atoms. The van der Waals surface area contributed by atoms with Crippen molar-refractivity contribution in [3.05, 3.63) is 0 Å². The van der Waals surface area contributed by atoms with Crippen LogP contribution in [0.4, 0.5) is 0 Å². The number of hydrogen-bond acceptors (Lipinski definition) is 2. The van der Waals surface area contributed by atoms with Crippen LogP contribution in [0.2, 0.25) is 0 Å². The normalized spacial score (nSPS) is 38.4. The third kappa shape index (κ3) is 4.43. The van der Waals surface area contributed by atoms with Gasteiger partial charge in [-0.05, 0) is 49.4 Å². The molecule has 0 N–H and O–H groups in total. The van der Waals surface area contributed by atoms with Crippen molar-refractivity contribution in [2.24, 2.45) is 23.7 Å². The van der Waals surface area contributed by atoms with Crippen molar-refractivity contribution >= 4 is 11.6 Å². The average Bonchev–Trinajstić information content (AvgIpc) is 2.53. The third-order valence-electron chi connectivity index (χ3n) is 6.67. The Morgan fingerprint density at radius 3 is 1.14 bits per heavy atom. The lowest BCUT2D eigenvalue weighted by atomic mass is 9.74. The minimum Gasteiger partial charge on any atom is -0.291 e. The largest absolute Gasteiger partial charge is 0.291 e. The Bertz CT molecular complexity index is 347. The van der Waals surface area contributed by atoms with Gasteiger partial charge in [0.25, 0.3) is 0 Å². The first-order chi connectivity index (χ1) is 10.7.